The van der Waals surface area contributed by atoms with Crippen LogP contribution in [0, 0.1) is 0 Å². The number of halogens is 1. The Morgan fingerprint density at radius 2 is 1.94 bits per heavy atom. The predicted molar refractivity (Wildman–Crippen MR) is 76.7 cm³/mol. The van der Waals surface area contributed by atoms with Crippen LogP contribution in [0.25, 0.3) is 11.1 Å². The summed E-state index contributed by atoms with van der Waals surface area (Å²) in [4.78, 5) is 4.05. The summed E-state index contributed by atoms with van der Waals surface area (Å²) in [5, 5.41) is 4.19. The van der Waals surface area contributed by atoms with Crippen LogP contribution in [0.5, 0.6) is 0 Å². The van der Waals surface area contributed by atoms with Crippen molar-refractivity contribution < 1.29 is 0 Å². The average molecular weight is 261 g/mol. The molecular formula is C15H17ClN2. The number of hydrogen-bond acceptors (Lipinski definition) is 2. The predicted octanol–water partition coefficient (Wildman–Crippen LogP) is 3.90. The lowest BCUT2D eigenvalue weighted by molar-refractivity contribution is 0.676. The summed E-state index contributed by atoms with van der Waals surface area (Å²) in [6, 6.07) is 10.1. The minimum absolute atomic E-state index is 0.765. The molecule has 1 aromatic carbocycles. The van der Waals surface area contributed by atoms with Crippen molar-refractivity contribution in [2.75, 3.05) is 6.54 Å². The van der Waals surface area contributed by atoms with Gasteiger partial charge in [0.1, 0.15) is 0 Å². The number of hydrogen-bond donors (Lipinski definition) is 1. The molecule has 2 aromatic rings. The van der Waals surface area contributed by atoms with Crippen molar-refractivity contribution in [2.24, 2.45) is 0 Å². The molecule has 2 nitrogen and oxygen atoms in total. The zero-order valence-corrected chi connectivity index (χ0v) is 11.2. The number of rotatable bonds is 5. The van der Waals surface area contributed by atoms with Crippen molar-refractivity contribution in [1.82, 2.24) is 10.3 Å². The molecule has 0 atom stereocenters. The van der Waals surface area contributed by atoms with Crippen LogP contribution in [0.3, 0.4) is 0 Å². The number of aromatic nitrogens is 1. The van der Waals surface area contributed by atoms with Gasteiger partial charge in [-0.1, -0.05) is 24.6 Å². The lowest BCUT2D eigenvalue weighted by Gasteiger charge is -2.11. The van der Waals surface area contributed by atoms with Crippen LogP contribution in [0.4, 0.5) is 0 Å². The van der Waals surface area contributed by atoms with Gasteiger partial charge in [0.15, 0.2) is 0 Å². The van der Waals surface area contributed by atoms with Gasteiger partial charge >= 0.3 is 0 Å². The van der Waals surface area contributed by atoms with E-state index in [4.69, 9.17) is 11.6 Å². The molecule has 0 aliphatic carbocycles. The zero-order valence-electron chi connectivity index (χ0n) is 10.5. The second-order valence-corrected chi connectivity index (χ2v) is 4.65. The molecular weight excluding hydrogens is 244 g/mol. The van der Waals surface area contributed by atoms with E-state index in [2.05, 4.69) is 23.3 Å². The van der Waals surface area contributed by atoms with Crippen LogP contribution >= 0.6 is 11.6 Å². The summed E-state index contributed by atoms with van der Waals surface area (Å²) in [5.74, 6) is 0. The summed E-state index contributed by atoms with van der Waals surface area (Å²) < 4.78 is 0. The monoisotopic (exact) mass is 260 g/mol. The SMILES string of the molecule is CCCNCc1ccc(Cl)cc1-c1ccncc1. The highest BCUT2D eigenvalue weighted by molar-refractivity contribution is 6.30. The molecule has 0 aliphatic heterocycles. The molecule has 1 N–H and O–H groups in total. The van der Waals surface area contributed by atoms with Crippen molar-refractivity contribution in [1.29, 1.82) is 0 Å². The first kappa shape index (κ1) is 13.1. The van der Waals surface area contributed by atoms with Crippen LogP contribution in [0.2, 0.25) is 5.02 Å². The first-order valence-corrected chi connectivity index (χ1v) is 6.58. The fourth-order valence-corrected chi connectivity index (χ4v) is 2.07. The molecule has 94 valence electrons. The lowest BCUT2D eigenvalue weighted by atomic mass is 10.0. The fraction of sp³-hybridized carbons (Fsp3) is 0.267. The molecule has 0 amide bonds. The smallest absolute Gasteiger partial charge is 0.0412 e. The third-order valence-corrected chi connectivity index (χ3v) is 3.04. The van der Waals surface area contributed by atoms with Crippen LogP contribution < -0.4 is 5.32 Å². The number of benzene rings is 1. The van der Waals surface area contributed by atoms with Gasteiger partial charge in [-0.2, -0.15) is 0 Å². The molecule has 0 unspecified atom stereocenters. The summed E-state index contributed by atoms with van der Waals surface area (Å²) in [5.41, 5.74) is 3.59. The Bertz CT molecular complexity index is 497. The highest BCUT2D eigenvalue weighted by atomic mass is 35.5. The van der Waals surface area contributed by atoms with Crippen LogP contribution in [-0.4, -0.2) is 11.5 Å². The van der Waals surface area contributed by atoms with Crippen LogP contribution in [0.1, 0.15) is 18.9 Å². The summed E-state index contributed by atoms with van der Waals surface area (Å²) in [6.07, 6.45) is 4.75. The third kappa shape index (κ3) is 3.31. The van der Waals surface area contributed by atoms with Gasteiger partial charge in [-0.3, -0.25) is 4.98 Å². The van der Waals surface area contributed by atoms with Crippen LogP contribution in [0.15, 0.2) is 42.7 Å². The maximum Gasteiger partial charge on any atom is 0.0412 e. The minimum atomic E-state index is 0.765. The Labute approximate surface area is 113 Å². The standard InChI is InChI=1S/C15H17ClN2/c1-2-7-18-11-13-3-4-14(16)10-15(13)12-5-8-17-9-6-12/h3-6,8-10,18H,2,7,11H2,1H3. The Hall–Kier alpha value is -1.38. The van der Waals surface area contributed by atoms with E-state index >= 15 is 0 Å². The summed E-state index contributed by atoms with van der Waals surface area (Å²) in [6.45, 7) is 4.06. The van der Waals surface area contributed by atoms with Crippen molar-refractivity contribution in [2.45, 2.75) is 19.9 Å². The maximum absolute atomic E-state index is 6.09. The molecule has 2 rings (SSSR count). The first-order chi connectivity index (χ1) is 8.81. The first-order valence-electron chi connectivity index (χ1n) is 6.21. The van der Waals surface area contributed by atoms with Crippen molar-refractivity contribution in [3.63, 3.8) is 0 Å². The van der Waals surface area contributed by atoms with Gasteiger partial charge in [0.2, 0.25) is 0 Å². The normalized spacial score (nSPS) is 10.6. The second-order valence-electron chi connectivity index (χ2n) is 4.21. The summed E-state index contributed by atoms with van der Waals surface area (Å²) >= 11 is 6.09. The largest absolute Gasteiger partial charge is 0.313 e. The zero-order chi connectivity index (χ0) is 12.8. The van der Waals surface area contributed by atoms with E-state index in [-0.39, 0.29) is 0 Å². The second kappa shape index (κ2) is 6.53. The van der Waals surface area contributed by atoms with Gasteiger partial charge in [-0.15, -0.1) is 0 Å². The van der Waals surface area contributed by atoms with E-state index in [0.29, 0.717) is 0 Å². The van der Waals surface area contributed by atoms with Crippen molar-refractivity contribution in [3.05, 3.63) is 53.3 Å². The molecule has 18 heavy (non-hydrogen) atoms. The molecule has 0 aliphatic rings. The lowest BCUT2D eigenvalue weighted by Crippen LogP contribution is -2.14. The summed E-state index contributed by atoms with van der Waals surface area (Å²) in [7, 11) is 0. The minimum Gasteiger partial charge on any atom is -0.313 e. The maximum atomic E-state index is 6.09. The van der Waals surface area contributed by atoms with Gasteiger partial charge in [-0.05, 0) is 53.9 Å². The van der Waals surface area contributed by atoms with Gasteiger partial charge in [0.05, 0.1) is 0 Å². The van der Waals surface area contributed by atoms with E-state index < -0.39 is 0 Å². The highest BCUT2D eigenvalue weighted by Crippen LogP contribution is 2.26. The quantitative estimate of drug-likeness (QED) is 0.825. The third-order valence-electron chi connectivity index (χ3n) is 2.81. The van der Waals surface area contributed by atoms with E-state index in [1.165, 1.54) is 11.1 Å². The molecule has 0 saturated heterocycles. The fourth-order valence-electron chi connectivity index (χ4n) is 1.90. The molecule has 1 heterocycles. The van der Waals surface area contributed by atoms with E-state index in [1.54, 1.807) is 12.4 Å². The van der Waals surface area contributed by atoms with Gasteiger partial charge < -0.3 is 5.32 Å². The van der Waals surface area contributed by atoms with E-state index in [9.17, 15) is 0 Å². The number of nitrogens with zero attached hydrogens (tertiary/aromatic N) is 1. The Morgan fingerprint density at radius 1 is 1.17 bits per heavy atom. The topological polar surface area (TPSA) is 24.9 Å². The molecule has 0 radical (unpaired) electrons. The molecule has 0 bridgehead atoms. The molecule has 3 heteroatoms. The Morgan fingerprint density at radius 3 is 2.67 bits per heavy atom. The van der Waals surface area contributed by atoms with Gasteiger partial charge in [0, 0.05) is 24.0 Å². The van der Waals surface area contributed by atoms with Crippen molar-refractivity contribution in [3.8, 4) is 11.1 Å². The molecule has 1 aromatic heterocycles. The number of pyridine rings is 1. The van der Waals surface area contributed by atoms with E-state index in [0.717, 1.165) is 30.1 Å². The van der Waals surface area contributed by atoms with Crippen molar-refractivity contribution >= 4 is 11.6 Å². The number of nitrogens with one attached hydrogen (secondary N) is 1. The Balaban J connectivity index is 2.29. The Kier molecular flexibility index (Phi) is 4.73. The average Bonchev–Trinajstić information content (AvgIpc) is 2.41. The molecule has 0 fully saturated rings. The van der Waals surface area contributed by atoms with Crippen LogP contribution in [-0.2, 0) is 6.54 Å². The molecule has 0 saturated carbocycles. The van der Waals surface area contributed by atoms with Gasteiger partial charge in [-0.25, -0.2) is 0 Å². The van der Waals surface area contributed by atoms with Gasteiger partial charge in [0.25, 0.3) is 0 Å². The highest BCUT2D eigenvalue weighted by Gasteiger charge is 2.05. The van der Waals surface area contributed by atoms with E-state index in [1.807, 2.05) is 24.3 Å². The molecule has 0 spiro atoms.